The summed E-state index contributed by atoms with van der Waals surface area (Å²) in [7, 11) is 0. The molecule has 0 atom stereocenters. The first kappa shape index (κ1) is 22.3. The molecule has 4 rings (SSSR count). The summed E-state index contributed by atoms with van der Waals surface area (Å²) in [4.78, 5) is 44.2. The molecule has 3 aromatic rings. The number of carbonyl (C=O) groups is 2. The molecule has 1 saturated heterocycles. The second-order valence-corrected chi connectivity index (χ2v) is 7.59. The van der Waals surface area contributed by atoms with Gasteiger partial charge in [-0.15, -0.1) is 0 Å². The van der Waals surface area contributed by atoms with E-state index in [1.807, 2.05) is 0 Å². The number of aromatic nitrogens is 1. The van der Waals surface area contributed by atoms with Crippen molar-refractivity contribution in [3.8, 4) is 5.75 Å². The minimum atomic E-state index is -0.435. The lowest BCUT2D eigenvalue weighted by molar-refractivity contribution is -0.133. The maximum absolute atomic E-state index is 12.7. The fourth-order valence-electron chi connectivity index (χ4n) is 3.67. The van der Waals surface area contributed by atoms with E-state index in [9.17, 15) is 14.4 Å². The van der Waals surface area contributed by atoms with E-state index in [4.69, 9.17) is 13.9 Å². The van der Waals surface area contributed by atoms with Crippen LogP contribution in [0.15, 0.2) is 57.9 Å². The number of amides is 1. The van der Waals surface area contributed by atoms with Gasteiger partial charge in [-0.1, -0.05) is 0 Å². The Kier molecular flexibility index (Phi) is 6.87. The molecule has 1 aliphatic heterocycles. The number of carbonyl (C=O) groups excluding carboxylic acids is 2. The van der Waals surface area contributed by atoms with Gasteiger partial charge in [0.2, 0.25) is 0 Å². The summed E-state index contributed by atoms with van der Waals surface area (Å²) in [6, 6.07) is 11.7. The van der Waals surface area contributed by atoms with Crippen molar-refractivity contribution >= 4 is 28.7 Å². The second kappa shape index (κ2) is 10.2. The van der Waals surface area contributed by atoms with E-state index in [2.05, 4.69) is 9.88 Å². The van der Waals surface area contributed by atoms with E-state index in [0.717, 1.165) is 24.2 Å². The van der Waals surface area contributed by atoms with Gasteiger partial charge in [0.15, 0.2) is 6.61 Å². The molecule has 1 aliphatic rings. The van der Waals surface area contributed by atoms with Gasteiger partial charge < -0.3 is 23.7 Å². The minimum Gasteiger partial charge on any atom is -0.484 e. The Morgan fingerprint density at radius 1 is 1.06 bits per heavy atom. The zero-order chi connectivity index (χ0) is 23.2. The zero-order valence-electron chi connectivity index (χ0n) is 18.4. The predicted octanol–water partition coefficient (Wildman–Crippen LogP) is 2.48. The molecule has 9 nitrogen and oxygen atoms in total. The number of anilines is 1. The van der Waals surface area contributed by atoms with Gasteiger partial charge in [0, 0.05) is 49.9 Å². The molecule has 0 unspecified atom stereocenters. The van der Waals surface area contributed by atoms with Gasteiger partial charge >= 0.3 is 11.6 Å². The van der Waals surface area contributed by atoms with E-state index in [1.165, 1.54) is 12.3 Å². The van der Waals surface area contributed by atoms with Crippen molar-refractivity contribution in [2.45, 2.75) is 13.3 Å². The van der Waals surface area contributed by atoms with Crippen molar-refractivity contribution in [1.82, 2.24) is 9.88 Å². The Morgan fingerprint density at radius 3 is 2.70 bits per heavy atom. The van der Waals surface area contributed by atoms with Crippen molar-refractivity contribution in [2.75, 3.05) is 44.3 Å². The largest absolute Gasteiger partial charge is 0.484 e. The second-order valence-electron chi connectivity index (χ2n) is 7.59. The van der Waals surface area contributed by atoms with Crippen LogP contribution in [0.2, 0.25) is 0 Å². The molecule has 172 valence electrons. The molecule has 0 saturated carbocycles. The number of hydrogen-bond donors (Lipinski definition) is 0. The van der Waals surface area contributed by atoms with Crippen LogP contribution in [0.25, 0.3) is 11.0 Å². The Morgan fingerprint density at radius 2 is 1.91 bits per heavy atom. The van der Waals surface area contributed by atoms with Crippen LogP contribution in [-0.2, 0) is 9.53 Å². The monoisotopic (exact) mass is 451 g/mol. The van der Waals surface area contributed by atoms with Gasteiger partial charge in [-0.3, -0.25) is 4.79 Å². The molecule has 0 bridgehead atoms. The Hall–Kier alpha value is -3.88. The number of hydrogen-bond acceptors (Lipinski definition) is 8. The van der Waals surface area contributed by atoms with Crippen molar-refractivity contribution in [2.24, 2.45) is 0 Å². The molecule has 2 aromatic heterocycles. The zero-order valence-corrected chi connectivity index (χ0v) is 18.4. The van der Waals surface area contributed by atoms with Gasteiger partial charge in [-0.2, -0.15) is 0 Å². The number of esters is 1. The highest BCUT2D eigenvalue weighted by Crippen LogP contribution is 2.20. The fraction of sp³-hybridized carbons (Fsp3) is 0.333. The van der Waals surface area contributed by atoms with E-state index >= 15 is 0 Å². The number of nitrogens with zero attached hydrogens (tertiary/aromatic N) is 3. The van der Waals surface area contributed by atoms with Gasteiger partial charge in [-0.05, 0) is 43.7 Å². The summed E-state index contributed by atoms with van der Waals surface area (Å²) in [5.41, 5.74) is 0.395. The molecule has 0 radical (unpaired) electrons. The summed E-state index contributed by atoms with van der Waals surface area (Å²) >= 11 is 0. The summed E-state index contributed by atoms with van der Waals surface area (Å²) in [5, 5.41) is 0.782. The van der Waals surface area contributed by atoms with E-state index in [1.54, 1.807) is 48.2 Å². The number of benzene rings is 1. The highest BCUT2D eigenvalue weighted by atomic mass is 16.5. The fourth-order valence-corrected chi connectivity index (χ4v) is 3.67. The number of fused-ring (bicyclic) bond motifs is 1. The third kappa shape index (κ3) is 5.49. The molecule has 0 aliphatic carbocycles. The standard InChI is InChI=1S/C24H25N3O6/c1-2-31-24(30)18-5-8-21(25-15-18)26-10-3-11-27(13-12-26)22(28)16-32-19-7-4-17-6-9-23(29)33-20(17)14-19/h4-9,14-15H,2-3,10-13,16H2,1H3. The van der Waals surface area contributed by atoms with E-state index in [-0.39, 0.29) is 12.5 Å². The van der Waals surface area contributed by atoms with Gasteiger partial charge in [0.25, 0.3) is 5.91 Å². The third-order valence-electron chi connectivity index (χ3n) is 5.39. The number of pyridine rings is 1. The van der Waals surface area contributed by atoms with Crippen LogP contribution in [0.5, 0.6) is 5.75 Å². The van der Waals surface area contributed by atoms with Crippen LogP contribution >= 0.6 is 0 Å². The highest BCUT2D eigenvalue weighted by molar-refractivity contribution is 5.89. The van der Waals surface area contributed by atoms with Crippen molar-refractivity contribution < 1.29 is 23.5 Å². The molecule has 33 heavy (non-hydrogen) atoms. The molecule has 3 heterocycles. The van der Waals surface area contributed by atoms with Crippen molar-refractivity contribution in [3.05, 3.63) is 64.6 Å². The van der Waals surface area contributed by atoms with Crippen LogP contribution in [0.4, 0.5) is 5.82 Å². The lowest BCUT2D eigenvalue weighted by Crippen LogP contribution is -2.38. The normalized spacial score (nSPS) is 14.1. The summed E-state index contributed by atoms with van der Waals surface area (Å²) in [6.07, 6.45) is 2.30. The van der Waals surface area contributed by atoms with E-state index < -0.39 is 11.6 Å². The average molecular weight is 451 g/mol. The Balaban J connectivity index is 1.32. The lowest BCUT2D eigenvalue weighted by Gasteiger charge is -2.23. The molecular formula is C24H25N3O6. The molecule has 1 amide bonds. The number of rotatable bonds is 6. The molecule has 1 aromatic carbocycles. The van der Waals surface area contributed by atoms with E-state index in [0.29, 0.717) is 43.1 Å². The molecule has 0 N–H and O–H groups in total. The summed E-state index contributed by atoms with van der Waals surface area (Å²) in [5.74, 6) is 0.716. The summed E-state index contributed by atoms with van der Waals surface area (Å²) in [6.45, 7) is 4.50. The lowest BCUT2D eigenvalue weighted by atomic mass is 10.2. The van der Waals surface area contributed by atoms with Crippen LogP contribution in [0.3, 0.4) is 0 Å². The molecular weight excluding hydrogens is 426 g/mol. The van der Waals surface area contributed by atoms with Crippen LogP contribution in [0, 0.1) is 0 Å². The van der Waals surface area contributed by atoms with Gasteiger partial charge in [0.1, 0.15) is 17.2 Å². The molecule has 1 fully saturated rings. The smallest absolute Gasteiger partial charge is 0.339 e. The quantitative estimate of drug-likeness (QED) is 0.416. The first-order valence-electron chi connectivity index (χ1n) is 10.9. The maximum atomic E-state index is 12.7. The first-order valence-corrected chi connectivity index (χ1v) is 10.9. The topological polar surface area (TPSA) is 102 Å². The Bertz CT molecular complexity index is 1190. The number of ether oxygens (including phenoxy) is 2. The minimum absolute atomic E-state index is 0.102. The van der Waals surface area contributed by atoms with Gasteiger partial charge in [-0.25, -0.2) is 14.6 Å². The van der Waals surface area contributed by atoms with Crippen LogP contribution < -0.4 is 15.3 Å². The third-order valence-corrected chi connectivity index (χ3v) is 5.39. The average Bonchev–Trinajstić information content (AvgIpc) is 3.09. The highest BCUT2D eigenvalue weighted by Gasteiger charge is 2.21. The van der Waals surface area contributed by atoms with Crippen molar-refractivity contribution in [3.63, 3.8) is 0 Å². The first-order chi connectivity index (χ1) is 16.0. The van der Waals surface area contributed by atoms with Gasteiger partial charge in [0.05, 0.1) is 12.2 Å². The predicted molar refractivity (Wildman–Crippen MR) is 122 cm³/mol. The van der Waals surface area contributed by atoms with Crippen LogP contribution in [0.1, 0.15) is 23.7 Å². The summed E-state index contributed by atoms with van der Waals surface area (Å²) < 4.78 is 15.8. The molecule has 9 heteroatoms. The maximum Gasteiger partial charge on any atom is 0.339 e. The van der Waals surface area contributed by atoms with Crippen molar-refractivity contribution in [1.29, 1.82) is 0 Å². The molecule has 0 spiro atoms. The SMILES string of the molecule is CCOC(=O)c1ccc(N2CCCN(C(=O)COc3ccc4ccc(=O)oc4c3)CC2)nc1. The Labute approximate surface area is 190 Å². The van der Waals surface area contributed by atoms with Crippen LogP contribution in [-0.4, -0.2) is 61.2 Å².